The predicted molar refractivity (Wildman–Crippen MR) is 167 cm³/mol. The zero-order valence-electron chi connectivity index (χ0n) is 26.2. The molecule has 2 heteroatoms. The van der Waals surface area contributed by atoms with Crippen molar-refractivity contribution >= 4 is 28.0 Å². The molecule has 0 saturated heterocycles. The molecule has 4 aromatic carbocycles. The molecule has 0 nitrogen and oxygen atoms in total. The van der Waals surface area contributed by atoms with E-state index in [1.54, 1.807) is 0 Å². The van der Waals surface area contributed by atoms with Gasteiger partial charge in [-0.05, 0) is 83.1 Å². The van der Waals surface area contributed by atoms with Crippen LogP contribution in [-0.2, 0) is 0 Å². The van der Waals surface area contributed by atoms with Gasteiger partial charge in [0.1, 0.15) is 6.15 Å². The molecule has 0 aliphatic carbocycles. The molecule has 0 fully saturated rings. The Balaban J connectivity index is 0.00000400. The van der Waals surface area contributed by atoms with Crippen molar-refractivity contribution in [2.24, 2.45) is 0 Å². The van der Waals surface area contributed by atoms with E-state index < -0.39 is 6.15 Å². The average Bonchev–Trinajstić information content (AvgIpc) is 2.70. The van der Waals surface area contributed by atoms with Gasteiger partial charge in [-0.25, -0.2) is 0 Å². The Bertz CT molecular complexity index is 1210. The SMILES string of the molecule is Cc1cc(C)c([B-](c2c(C)cc(C)cc2C)(c2c(C)cc(C)cc2C)c2c(C)cc(C)cc2C)c(C)c1.[Na+]. The van der Waals surface area contributed by atoms with Gasteiger partial charge in [0, 0.05) is 0 Å². The van der Waals surface area contributed by atoms with Crippen molar-refractivity contribution in [1.29, 1.82) is 0 Å². The largest absolute Gasteiger partial charge is 1.00 e. The predicted octanol–water partition coefficient (Wildman–Crippen LogP) is 3.77. The molecule has 0 unspecified atom stereocenters. The van der Waals surface area contributed by atoms with E-state index in [2.05, 4.69) is 132 Å². The summed E-state index contributed by atoms with van der Waals surface area (Å²) < 4.78 is 0. The van der Waals surface area contributed by atoms with Crippen molar-refractivity contribution in [3.05, 3.63) is 115 Å². The van der Waals surface area contributed by atoms with E-state index in [0.29, 0.717) is 0 Å². The minimum atomic E-state index is -1.48. The molecular weight excluding hydrogens is 466 g/mol. The average molecular weight is 511 g/mol. The fourth-order valence-electron chi connectivity index (χ4n) is 8.36. The van der Waals surface area contributed by atoms with Crippen molar-refractivity contribution in [1.82, 2.24) is 0 Å². The van der Waals surface area contributed by atoms with Gasteiger partial charge in [-0.1, -0.05) is 115 Å². The fraction of sp³-hybridized carbons (Fsp3) is 0.333. The third-order valence-electron chi connectivity index (χ3n) is 8.68. The van der Waals surface area contributed by atoms with Crippen LogP contribution >= 0.6 is 0 Å². The van der Waals surface area contributed by atoms with Crippen LogP contribution < -0.4 is 51.4 Å². The smallest absolute Gasteiger partial charge is 0.189 e. The fourth-order valence-corrected chi connectivity index (χ4v) is 8.36. The summed E-state index contributed by atoms with van der Waals surface area (Å²) in [5.41, 5.74) is 22.4. The molecule has 0 N–H and O–H groups in total. The van der Waals surface area contributed by atoms with Gasteiger partial charge in [0.25, 0.3) is 0 Å². The van der Waals surface area contributed by atoms with Crippen LogP contribution in [-0.4, -0.2) is 6.15 Å². The maximum absolute atomic E-state index is 2.40. The van der Waals surface area contributed by atoms with Crippen LogP contribution in [0, 0.1) is 83.1 Å². The molecule has 4 rings (SSSR count). The number of aryl methyl sites for hydroxylation is 12. The topological polar surface area (TPSA) is 0 Å². The summed E-state index contributed by atoms with van der Waals surface area (Å²) in [7, 11) is 0. The summed E-state index contributed by atoms with van der Waals surface area (Å²) in [6.45, 7) is 27.6. The van der Waals surface area contributed by atoms with Gasteiger partial charge in [-0.15, -0.1) is 0 Å². The van der Waals surface area contributed by atoms with Crippen LogP contribution in [0.4, 0.5) is 0 Å². The van der Waals surface area contributed by atoms with Crippen molar-refractivity contribution in [2.75, 3.05) is 0 Å². The van der Waals surface area contributed by atoms with Gasteiger partial charge in [0.15, 0.2) is 0 Å². The zero-order chi connectivity index (χ0) is 27.4. The first-order chi connectivity index (χ1) is 17.3. The summed E-state index contributed by atoms with van der Waals surface area (Å²) in [6.07, 6.45) is -1.48. The summed E-state index contributed by atoms with van der Waals surface area (Å²) >= 11 is 0. The van der Waals surface area contributed by atoms with E-state index in [1.807, 2.05) is 0 Å². The first-order valence-electron chi connectivity index (χ1n) is 13.8. The minimum Gasteiger partial charge on any atom is -0.189 e. The molecule has 0 amide bonds. The zero-order valence-corrected chi connectivity index (χ0v) is 28.2. The number of hydrogen-bond acceptors (Lipinski definition) is 0. The number of hydrogen-bond donors (Lipinski definition) is 0. The van der Waals surface area contributed by atoms with Gasteiger partial charge in [0.2, 0.25) is 0 Å². The summed E-state index contributed by atoms with van der Waals surface area (Å²) in [5, 5.41) is 0. The Hall–Kier alpha value is -2.06. The van der Waals surface area contributed by atoms with Crippen LogP contribution in [0.5, 0.6) is 0 Å². The number of benzene rings is 4. The minimum absolute atomic E-state index is 0. The van der Waals surface area contributed by atoms with E-state index in [0.717, 1.165) is 0 Å². The second-order valence-electron chi connectivity index (χ2n) is 12.1. The van der Waals surface area contributed by atoms with Gasteiger partial charge < -0.3 is 0 Å². The number of rotatable bonds is 4. The van der Waals surface area contributed by atoms with Crippen molar-refractivity contribution in [2.45, 2.75) is 83.1 Å². The first-order valence-corrected chi connectivity index (χ1v) is 13.8. The molecule has 0 heterocycles. The summed E-state index contributed by atoms with van der Waals surface area (Å²) in [6, 6.07) is 19.2. The molecule has 0 saturated carbocycles. The second kappa shape index (κ2) is 11.2. The van der Waals surface area contributed by atoms with Gasteiger partial charge >= 0.3 is 29.6 Å². The molecule has 192 valence electrons. The normalized spacial score (nSPS) is 11.5. The van der Waals surface area contributed by atoms with E-state index in [9.17, 15) is 0 Å². The quantitative estimate of drug-likeness (QED) is 0.367. The van der Waals surface area contributed by atoms with E-state index in [4.69, 9.17) is 0 Å². The Morgan fingerprint density at radius 3 is 0.553 bits per heavy atom. The van der Waals surface area contributed by atoms with Gasteiger partial charge in [-0.3, -0.25) is 0 Å². The van der Waals surface area contributed by atoms with Crippen LogP contribution in [0.15, 0.2) is 48.5 Å². The summed E-state index contributed by atoms with van der Waals surface area (Å²) in [5.74, 6) is 0. The molecule has 4 aromatic rings. The Morgan fingerprint density at radius 1 is 0.289 bits per heavy atom. The molecule has 38 heavy (non-hydrogen) atoms. The first kappa shape index (κ1) is 30.5. The molecule has 0 bridgehead atoms. The van der Waals surface area contributed by atoms with Crippen LogP contribution in [0.1, 0.15) is 66.8 Å². The maximum atomic E-state index is 2.40. The summed E-state index contributed by atoms with van der Waals surface area (Å²) in [4.78, 5) is 0. The van der Waals surface area contributed by atoms with Gasteiger partial charge in [-0.2, -0.15) is 21.9 Å². The standard InChI is InChI=1S/C36H44B.Na/c1-21-13-25(5)33(26(6)14-21)37(34-27(7)15-22(2)16-28(34)8,35-29(9)17-23(3)18-30(35)10)36-31(11)19-24(4)20-32(36)12;/h13-20H,1-12H3;/q-1;+1. The third-order valence-corrected chi connectivity index (χ3v) is 8.68. The Morgan fingerprint density at radius 2 is 0.421 bits per heavy atom. The molecule has 0 atom stereocenters. The van der Waals surface area contributed by atoms with Crippen molar-refractivity contribution in [3.8, 4) is 0 Å². The Kier molecular flexibility index (Phi) is 8.99. The molecule has 0 spiro atoms. The monoisotopic (exact) mass is 510 g/mol. The van der Waals surface area contributed by atoms with Crippen LogP contribution in [0.2, 0.25) is 0 Å². The Labute approximate surface area is 254 Å². The van der Waals surface area contributed by atoms with E-state index in [-0.39, 0.29) is 29.6 Å². The molecular formula is C36H44BNa. The molecule has 0 radical (unpaired) electrons. The molecule has 0 aliphatic heterocycles. The van der Waals surface area contributed by atoms with Crippen molar-refractivity contribution < 1.29 is 29.6 Å². The second-order valence-corrected chi connectivity index (χ2v) is 12.1. The van der Waals surface area contributed by atoms with E-state index >= 15 is 0 Å². The van der Waals surface area contributed by atoms with Crippen LogP contribution in [0.3, 0.4) is 0 Å². The van der Waals surface area contributed by atoms with Gasteiger partial charge in [0.05, 0.1) is 0 Å². The maximum Gasteiger partial charge on any atom is 1.00 e. The van der Waals surface area contributed by atoms with E-state index in [1.165, 1.54) is 88.6 Å². The third kappa shape index (κ3) is 4.99. The van der Waals surface area contributed by atoms with Crippen molar-refractivity contribution in [3.63, 3.8) is 0 Å². The molecule has 0 aliphatic rings. The van der Waals surface area contributed by atoms with Crippen LogP contribution in [0.25, 0.3) is 0 Å². The molecule has 0 aromatic heterocycles.